The van der Waals surface area contributed by atoms with E-state index in [4.69, 9.17) is 0 Å². The maximum absolute atomic E-state index is 9.80. The molecule has 1 atom stereocenters. The molecule has 0 bridgehead atoms. The number of aliphatic hydroxyl groups excluding tert-OH is 1. The Balaban J connectivity index is 1.91. The van der Waals surface area contributed by atoms with E-state index in [1.807, 2.05) is 0 Å². The van der Waals surface area contributed by atoms with Gasteiger partial charge in [0.2, 0.25) is 0 Å². The van der Waals surface area contributed by atoms with Crippen molar-refractivity contribution < 1.29 is 5.11 Å². The summed E-state index contributed by atoms with van der Waals surface area (Å²) in [6.07, 6.45) is 10.1. The van der Waals surface area contributed by atoms with E-state index in [1.165, 1.54) is 44.9 Å². The zero-order chi connectivity index (χ0) is 10.9. The van der Waals surface area contributed by atoms with E-state index in [0.717, 1.165) is 25.4 Å². The minimum Gasteiger partial charge on any atom is -0.392 e. The first-order valence-corrected chi connectivity index (χ1v) is 6.71. The average molecular weight is 213 g/mol. The Morgan fingerprint density at radius 3 is 2.67 bits per heavy atom. The summed E-state index contributed by atoms with van der Waals surface area (Å²) in [5, 5.41) is 13.1. The first-order valence-electron chi connectivity index (χ1n) is 6.71. The van der Waals surface area contributed by atoms with Crippen LogP contribution in [-0.2, 0) is 0 Å². The van der Waals surface area contributed by atoms with Crippen LogP contribution in [0.4, 0.5) is 0 Å². The summed E-state index contributed by atoms with van der Waals surface area (Å²) < 4.78 is 0. The third kappa shape index (κ3) is 6.16. The second kappa shape index (κ2) is 8.12. The zero-order valence-electron chi connectivity index (χ0n) is 10.2. The van der Waals surface area contributed by atoms with Crippen molar-refractivity contribution in [2.24, 2.45) is 5.92 Å². The Kier molecular flexibility index (Phi) is 7.03. The predicted octanol–water partition coefficient (Wildman–Crippen LogP) is 2.71. The molecule has 2 nitrogen and oxygen atoms in total. The van der Waals surface area contributed by atoms with Crippen LogP contribution in [0.5, 0.6) is 0 Å². The van der Waals surface area contributed by atoms with Gasteiger partial charge in [0.05, 0.1) is 6.10 Å². The highest BCUT2D eigenvalue weighted by Crippen LogP contribution is 2.28. The zero-order valence-corrected chi connectivity index (χ0v) is 10.2. The van der Waals surface area contributed by atoms with Gasteiger partial charge in [0.25, 0.3) is 0 Å². The Bertz CT molecular complexity index is 143. The van der Waals surface area contributed by atoms with Gasteiger partial charge in [-0.2, -0.15) is 0 Å². The van der Waals surface area contributed by atoms with E-state index in [-0.39, 0.29) is 6.10 Å². The van der Waals surface area contributed by atoms with Gasteiger partial charge in [-0.3, -0.25) is 0 Å². The number of hydrogen-bond donors (Lipinski definition) is 2. The van der Waals surface area contributed by atoms with Crippen molar-refractivity contribution in [1.29, 1.82) is 0 Å². The molecule has 1 aliphatic rings. The summed E-state index contributed by atoms with van der Waals surface area (Å²) in [5.41, 5.74) is 0. The van der Waals surface area contributed by atoms with Crippen LogP contribution < -0.4 is 5.32 Å². The van der Waals surface area contributed by atoms with Crippen LogP contribution in [0, 0.1) is 5.92 Å². The van der Waals surface area contributed by atoms with Crippen LogP contribution in [0.2, 0.25) is 0 Å². The number of rotatable bonds is 8. The number of unbranched alkanes of at least 4 members (excludes halogenated alkanes) is 2. The number of hydrogen-bond acceptors (Lipinski definition) is 2. The molecule has 0 saturated heterocycles. The van der Waals surface area contributed by atoms with E-state index in [0.29, 0.717) is 0 Å². The molecule has 1 aliphatic carbocycles. The number of nitrogens with one attached hydrogen (secondary N) is 1. The van der Waals surface area contributed by atoms with E-state index < -0.39 is 0 Å². The van der Waals surface area contributed by atoms with Crippen molar-refractivity contribution in [3.8, 4) is 0 Å². The van der Waals surface area contributed by atoms with Gasteiger partial charge in [-0.25, -0.2) is 0 Å². The van der Waals surface area contributed by atoms with E-state index in [2.05, 4.69) is 12.2 Å². The quantitative estimate of drug-likeness (QED) is 0.608. The van der Waals surface area contributed by atoms with Gasteiger partial charge in [-0.1, -0.05) is 45.4 Å². The lowest BCUT2D eigenvalue weighted by Gasteiger charge is -2.15. The fourth-order valence-electron chi connectivity index (χ4n) is 2.48. The normalized spacial score (nSPS) is 19.6. The van der Waals surface area contributed by atoms with Gasteiger partial charge < -0.3 is 10.4 Å². The fourth-order valence-corrected chi connectivity index (χ4v) is 2.48. The summed E-state index contributed by atoms with van der Waals surface area (Å²) in [6, 6.07) is 0. The van der Waals surface area contributed by atoms with Crippen LogP contribution in [0.15, 0.2) is 0 Å². The van der Waals surface area contributed by atoms with Gasteiger partial charge >= 0.3 is 0 Å². The van der Waals surface area contributed by atoms with E-state index in [9.17, 15) is 5.11 Å². The summed E-state index contributed by atoms with van der Waals surface area (Å²) in [6.45, 7) is 4.07. The molecule has 0 aromatic rings. The second-order valence-corrected chi connectivity index (χ2v) is 4.95. The van der Waals surface area contributed by atoms with Crippen molar-refractivity contribution >= 4 is 0 Å². The van der Waals surface area contributed by atoms with Crippen molar-refractivity contribution in [2.45, 2.75) is 64.4 Å². The molecule has 0 aromatic heterocycles. The van der Waals surface area contributed by atoms with E-state index in [1.54, 1.807) is 0 Å². The largest absolute Gasteiger partial charge is 0.392 e. The van der Waals surface area contributed by atoms with Crippen LogP contribution in [-0.4, -0.2) is 24.3 Å². The van der Waals surface area contributed by atoms with Crippen molar-refractivity contribution in [3.05, 3.63) is 0 Å². The first kappa shape index (κ1) is 13.0. The van der Waals surface area contributed by atoms with Crippen LogP contribution in [0.3, 0.4) is 0 Å². The highest BCUT2D eigenvalue weighted by molar-refractivity contribution is 4.72. The van der Waals surface area contributed by atoms with Crippen LogP contribution in [0.25, 0.3) is 0 Å². The Morgan fingerprint density at radius 1 is 1.27 bits per heavy atom. The lowest BCUT2D eigenvalue weighted by Crippen LogP contribution is -2.28. The minimum atomic E-state index is -0.116. The molecule has 0 aromatic carbocycles. The van der Waals surface area contributed by atoms with Gasteiger partial charge in [-0.15, -0.1) is 0 Å². The molecule has 0 spiro atoms. The lowest BCUT2D eigenvalue weighted by molar-refractivity contribution is 0.141. The standard InChI is InChI=1S/C13H27NO/c1-2-3-6-9-14-11-13(15)10-12-7-4-5-8-12/h12-15H,2-11H2,1H3. The SMILES string of the molecule is CCCCCNCC(O)CC1CCCC1. The van der Waals surface area contributed by atoms with Crippen LogP contribution >= 0.6 is 0 Å². The molecule has 1 saturated carbocycles. The maximum Gasteiger partial charge on any atom is 0.0667 e. The molecule has 0 heterocycles. The van der Waals surface area contributed by atoms with Gasteiger partial charge in [0.15, 0.2) is 0 Å². The lowest BCUT2D eigenvalue weighted by atomic mass is 10.00. The summed E-state index contributed by atoms with van der Waals surface area (Å²) in [7, 11) is 0. The Hall–Kier alpha value is -0.0800. The molecule has 90 valence electrons. The minimum absolute atomic E-state index is 0.116. The Labute approximate surface area is 94.5 Å². The summed E-state index contributed by atoms with van der Waals surface area (Å²) in [4.78, 5) is 0. The second-order valence-electron chi connectivity index (χ2n) is 4.95. The van der Waals surface area contributed by atoms with Crippen molar-refractivity contribution in [3.63, 3.8) is 0 Å². The first-order chi connectivity index (χ1) is 7.33. The van der Waals surface area contributed by atoms with Crippen LogP contribution in [0.1, 0.15) is 58.3 Å². The van der Waals surface area contributed by atoms with Gasteiger partial charge in [-0.05, 0) is 25.3 Å². The average Bonchev–Trinajstić information content (AvgIpc) is 2.70. The van der Waals surface area contributed by atoms with Crippen molar-refractivity contribution in [2.75, 3.05) is 13.1 Å². The highest BCUT2D eigenvalue weighted by atomic mass is 16.3. The molecule has 1 rings (SSSR count). The van der Waals surface area contributed by atoms with Gasteiger partial charge in [0.1, 0.15) is 0 Å². The predicted molar refractivity (Wildman–Crippen MR) is 65.0 cm³/mol. The molecule has 2 N–H and O–H groups in total. The molecular weight excluding hydrogens is 186 g/mol. The molecule has 2 heteroatoms. The monoisotopic (exact) mass is 213 g/mol. The molecule has 0 aliphatic heterocycles. The fraction of sp³-hybridized carbons (Fsp3) is 1.00. The third-order valence-corrected chi connectivity index (χ3v) is 3.42. The molecule has 0 radical (unpaired) electrons. The molecule has 0 amide bonds. The van der Waals surface area contributed by atoms with Gasteiger partial charge in [0, 0.05) is 6.54 Å². The molecule has 15 heavy (non-hydrogen) atoms. The smallest absolute Gasteiger partial charge is 0.0667 e. The van der Waals surface area contributed by atoms with E-state index >= 15 is 0 Å². The topological polar surface area (TPSA) is 32.3 Å². The highest BCUT2D eigenvalue weighted by Gasteiger charge is 2.18. The molecule has 1 fully saturated rings. The number of aliphatic hydroxyl groups is 1. The Morgan fingerprint density at radius 2 is 2.00 bits per heavy atom. The molecular formula is C13H27NO. The summed E-state index contributed by atoms with van der Waals surface area (Å²) >= 11 is 0. The maximum atomic E-state index is 9.80. The molecule has 1 unspecified atom stereocenters. The third-order valence-electron chi connectivity index (χ3n) is 3.42. The van der Waals surface area contributed by atoms with Crippen molar-refractivity contribution in [1.82, 2.24) is 5.32 Å². The summed E-state index contributed by atoms with van der Waals surface area (Å²) in [5.74, 6) is 0.803.